The lowest BCUT2D eigenvalue weighted by molar-refractivity contribution is -0.392. The van der Waals surface area contributed by atoms with E-state index in [0.29, 0.717) is 0 Å². The fraction of sp³-hybridized carbons (Fsp3) is 0.111. The number of aromatic amines is 1. The van der Waals surface area contributed by atoms with Gasteiger partial charge in [-0.05, 0) is 6.07 Å². The molecule has 60 valence electrons. The molecule has 2 aromatic rings. The van der Waals surface area contributed by atoms with Gasteiger partial charge >= 0.3 is 0 Å². The van der Waals surface area contributed by atoms with Crippen molar-refractivity contribution in [3.63, 3.8) is 0 Å². The van der Waals surface area contributed by atoms with Crippen LogP contribution in [0.5, 0.6) is 0 Å². The van der Waals surface area contributed by atoms with Gasteiger partial charge in [-0.1, -0.05) is 0 Å². The highest BCUT2D eigenvalue weighted by molar-refractivity contribution is 5.85. The van der Waals surface area contributed by atoms with Gasteiger partial charge < -0.3 is 4.98 Å². The first-order chi connectivity index (χ1) is 5.79. The molecule has 0 fully saturated rings. The number of pyridine rings is 1. The SMILES string of the molecule is C=[N+](C)c1ccnc2[nH]ccc12. The summed E-state index contributed by atoms with van der Waals surface area (Å²) < 4.78 is 1.83. The van der Waals surface area contributed by atoms with Gasteiger partial charge in [-0.3, -0.25) is 0 Å². The first-order valence-electron chi connectivity index (χ1n) is 3.75. The van der Waals surface area contributed by atoms with E-state index in [1.54, 1.807) is 6.20 Å². The van der Waals surface area contributed by atoms with Crippen molar-refractivity contribution in [1.29, 1.82) is 0 Å². The lowest BCUT2D eigenvalue weighted by Crippen LogP contribution is -1.93. The van der Waals surface area contributed by atoms with Gasteiger partial charge in [-0.25, -0.2) is 9.56 Å². The molecule has 0 aromatic carbocycles. The Morgan fingerprint density at radius 1 is 1.50 bits per heavy atom. The number of aromatic nitrogens is 2. The number of nitrogens with one attached hydrogen (secondary N) is 1. The minimum Gasteiger partial charge on any atom is -0.346 e. The molecule has 0 amide bonds. The van der Waals surface area contributed by atoms with Crippen LogP contribution in [-0.2, 0) is 0 Å². The molecule has 2 heterocycles. The van der Waals surface area contributed by atoms with Crippen molar-refractivity contribution in [3.8, 4) is 0 Å². The zero-order chi connectivity index (χ0) is 8.55. The predicted molar refractivity (Wildman–Crippen MR) is 49.1 cm³/mol. The Morgan fingerprint density at radius 3 is 3.08 bits per heavy atom. The van der Waals surface area contributed by atoms with Gasteiger partial charge in [0.2, 0.25) is 5.69 Å². The molecule has 2 rings (SSSR count). The molecule has 0 spiro atoms. The van der Waals surface area contributed by atoms with E-state index in [9.17, 15) is 0 Å². The molecule has 1 N–H and O–H groups in total. The zero-order valence-corrected chi connectivity index (χ0v) is 6.91. The maximum atomic E-state index is 4.17. The van der Waals surface area contributed by atoms with Gasteiger partial charge in [0.05, 0.1) is 5.39 Å². The van der Waals surface area contributed by atoms with Crippen LogP contribution in [0, 0.1) is 0 Å². The third-order valence-corrected chi connectivity index (χ3v) is 1.85. The molecule has 3 heteroatoms. The second-order valence-electron chi connectivity index (χ2n) is 2.77. The van der Waals surface area contributed by atoms with Crippen molar-refractivity contribution >= 4 is 23.4 Å². The number of H-pyrrole nitrogens is 1. The van der Waals surface area contributed by atoms with Gasteiger partial charge in [-0.15, -0.1) is 0 Å². The molecule has 0 radical (unpaired) electrons. The third kappa shape index (κ3) is 0.906. The minimum atomic E-state index is 0.906. The van der Waals surface area contributed by atoms with Gasteiger partial charge in [0.25, 0.3) is 0 Å². The van der Waals surface area contributed by atoms with Crippen molar-refractivity contribution in [2.75, 3.05) is 7.05 Å². The van der Waals surface area contributed by atoms with E-state index in [4.69, 9.17) is 0 Å². The van der Waals surface area contributed by atoms with E-state index in [2.05, 4.69) is 16.7 Å². The van der Waals surface area contributed by atoms with E-state index >= 15 is 0 Å². The van der Waals surface area contributed by atoms with Gasteiger partial charge in [-0.2, -0.15) is 0 Å². The highest BCUT2D eigenvalue weighted by atomic mass is 15.0. The summed E-state index contributed by atoms with van der Waals surface area (Å²) in [5, 5.41) is 1.11. The highest BCUT2D eigenvalue weighted by Crippen LogP contribution is 2.21. The number of hydrogen-bond acceptors (Lipinski definition) is 1. The van der Waals surface area contributed by atoms with Crippen LogP contribution in [0.4, 0.5) is 5.69 Å². The van der Waals surface area contributed by atoms with Crippen molar-refractivity contribution in [2.24, 2.45) is 0 Å². The fourth-order valence-electron chi connectivity index (χ4n) is 1.28. The van der Waals surface area contributed by atoms with Crippen LogP contribution in [0.15, 0.2) is 24.5 Å². The van der Waals surface area contributed by atoms with Gasteiger partial charge in [0.15, 0.2) is 0 Å². The average molecular weight is 160 g/mol. The Balaban J connectivity index is 2.82. The van der Waals surface area contributed by atoms with Crippen LogP contribution < -0.4 is 0 Å². The van der Waals surface area contributed by atoms with E-state index in [1.807, 2.05) is 30.0 Å². The van der Waals surface area contributed by atoms with Crippen LogP contribution in [0.2, 0.25) is 0 Å². The number of fused-ring (bicyclic) bond motifs is 1. The summed E-state index contributed by atoms with van der Waals surface area (Å²) in [7, 11) is 1.92. The predicted octanol–water partition coefficient (Wildman–Crippen LogP) is 1.54. The molecule has 2 aromatic heterocycles. The smallest absolute Gasteiger partial charge is 0.217 e. The molecule has 0 aliphatic heterocycles. The fourth-order valence-corrected chi connectivity index (χ4v) is 1.28. The average Bonchev–Trinajstić information content (AvgIpc) is 2.49. The molecular formula is C9H10N3+. The normalized spacial score (nSPS) is 10.4. The van der Waals surface area contributed by atoms with Crippen molar-refractivity contribution in [3.05, 3.63) is 24.5 Å². The lowest BCUT2D eigenvalue weighted by Gasteiger charge is -1.94. The third-order valence-electron chi connectivity index (χ3n) is 1.85. The van der Waals surface area contributed by atoms with Crippen LogP contribution in [-0.4, -0.2) is 28.3 Å². The summed E-state index contributed by atoms with van der Waals surface area (Å²) in [5.41, 5.74) is 1.99. The summed E-state index contributed by atoms with van der Waals surface area (Å²) >= 11 is 0. The standard InChI is InChI=1S/C9H10N3/c1-12(2)8-4-6-11-9-7(8)3-5-10-9/h3-6H,1H2,2H3,(H,10,11)/q+1. The summed E-state index contributed by atoms with van der Waals surface area (Å²) in [6.45, 7) is 3.83. The van der Waals surface area contributed by atoms with Crippen LogP contribution in [0.3, 0.4) is 0 Å². The van der Waals surface area contributed by atoms with E-state index in [-0.39, 0.29) is 0 Å². The first kappa shape index (κ1) is 7.03. The number of rotatable bonds is 1. The Morgan fingerprint density at radius 2 is 2.33 bits per heavy atom. The second kappa shape index (κ2) is 2.44. The first-order valence-corrected chi connectivity index (χ1v) is 3.75. The molecule has 0 unspecified atom stereocenters. The summed E-state index contributed by atoms with van der Waals surface area (Å²) in [6, 6.07) is 3.95. The summed E-state index contributed by atoms with van der Waals surface area (Å²) in [5.74, 6) is 0. The van der Waals surface area contributed by atoms with Crippen LogP contribution in [0.25, 0.3) is 11.0 Å². The molecule has 0 aliphatic rings. The Hall–Kier alpha value is -1.64. The lowest BCUT2D eigenvalue weighted by atomic mass is 10.3. The van der Waals surface area contributed by atoms with E-state index in [1.165, 1.54) is 0 Å². The quantitative estimate of drug-likeness (QED) is 0.498. The second-order valence-corrected chi connectivity index (χ2v) is 2.77. The molecule has 0 saturated carbocycles. The molecule has 0 atom stereocenters. The van der Waals surface area contributed by atoms with E-state index in [0.717, 1.165) is 16.7 Å². The maximum absolute atomic E-state index is 4.17. The number of nitrogens with zero attached hydrogens (tertiary/aromatic N) is 2. The van der Waals surface area contributed by atoms with E-state index < -0.39 is 0 Å². The summed E-state index contributed by atoms with van der Waals surface area (Å²) in [4.78, 5) is 7.22. The van der Waals surface area contributed by atoms with Crippen molar-refractivity contribution in [2.45, 2.75) is 0 Å². The number of hydrogen-bond donors (Lipinski definition) is 1. The monoisotopic (exact) mass is 160 g/mol. The molecule has 0 aliphatic carbocycles. The highest BCUT2D eigenvalue weighted by Gasteiger charge is 2.07. The molecule has 3 nitrogen and oxygen atoms in total. The van der Waals surface area contributed by atoms with Crippen LogP contribution >= 0.6 is 0 Å². The van der Waals surface area contributed by atoms with Crippen LogP contribution in [0.1, 0.15) is 0 Å². The largest absolute Gasteiger partial charge is 0.346 e. The molecule has 0 saturated heterocycles. The zero-order valence-electron chi connectivity index (χ0n) is 6.91. The van der Waals surface area contributed by atoms with Gasteiger partial charge in [0, 0.05) is 18.5 Å². The van der Waals surface area contributed by atoms with Gasteiger partial charge in [0.1, 0.15) is 19.4 Å². The Bertz CT molecular complexity index is 428. The van der Waals surface area contributed by atoms with Crippen molar-refractivity contribution < 1.29 is 4.58 Å². The molecule has 0 bridgehead atoms. The Kier molecular flexibility index (Phi) is 1.43. The minimum absolute atomic E-state index is 0.906. The molecule has 12 heavy (non-hydrogen) atoms. The van der Waals surface area contributed by atoms with Crippen molar-refractivity contribution in [1.82, 2.24) is 9.97 Å². The summed E-state index contributed by atoms with van der Waals surface area (Å²) in [6.07, 6.45) is 3.65. The maximum Gasteiger partial charge on any atom is 0.217 e. The Labute approximate surface area is 70.4 Å². The molecular weight excluding hydrogens is 150 g/mol. The topological polar surface area (TPSA) is 31.7 Å².